The molecule has 2 heterocycles. The number of thioether (sulfide) groups is 1. The van der Waals surface area contributed by atoms with E-state index >= 15 is 0 Å². The number of hydrogen-bond acceptors (Lipinski definition) is 5. The largest absolute Gasteiger partial charge is 0.323 e. The Bertz CT molecular complexity index is 1360. The van der Waals surface area contributed by atoms with E-state index < -0.39 is 11.7 Å². The van der Waals surface area contributed by atoms with Crippen LogP contribution in [0.4, 0.5) is 10.1 Å². The SMILES string of the molecule is Cc1ccnc(-n2c(SCC(=O)Nc3ccc(Br)cc3F)nc3ccccc3c2=O)c1. The summed E-state index contributed by atoms with van der Waals surface area (Å²) in [4.78, 5) is 34.5. The summed E-state index contributed by atoms with van der Waals surface area (Å²) in [5.74, 6) is -0.605. The Labute approximate surface area is 189 Å². The molecular formula is C22H16BrFN4O2S. The van der Waals surface area contributed by atoms with Crippen molar-refractivity contribution in [2.45, 2.75) is 12.1 Å². The van der Waals surface area contributed by atoms with Crippen molar-refractivity contribution in [3.05, 3.63) is 87.0 Å². The van der Waals surface area contributed by atoms with E-state index in [2.05, 4.69) is 31.2 Å². The van der Waals surface area contributed by atoms with Crippen molar-refractivity contribution in [3.63, 3.8) is 0 Å². The number of benzene rings is 2. The van der Waals surface area contributed by atoms with Crippen LogP contribution in [0.5, 0.6) is 0 Å². The molecule has 2 aromatic heterocycles. The van der Waals surface area contributed by atoms with Gasteiger partial charge in [-0.3, -0.25) is 9.59 Å². The number of amides is 1. The number of halogens is 2. The van der Waals surface area contributed by atoms with E-state index in [4.69, 9.17) is 0 Å². The number of pyridine rings is 1. The maximum atomic E-state index is 14.0. The first kappa shape index (κ1) is 21.2. The zero-order chi connectivity index (χ0) is 22.0. The molecule has 0 spiro atoms. The molecule has 0 saturated carbocycles. The van der Waals surface area contributed by atoms with Gasteiger partial charge in [-0.1, -0.05) is 39.8 Å². The first-order valence-electron chi connectivity index (χ1n) is 9.25. The molecule has 0 fully saturated rings. The minimum atomic E-state index is -0.544. The van der Waals surface area contributed by atoms with Crippen LogP contribution in [0.15, 0.2) is 75.2 Å². The van der Waals surface area contributed by atoms with Gasteiger partial charge in [0.05, 0.1) is 22.3 Å². The average Bonchev–Trinajstić information content (AvgIpc) is 2.74. The fourth-order valence-corrected chi connectivity index (χ4v) is 4.09. The van der Waals surface area contributed by atoms with Gasteiger partial charge in [0.25, 0.3) is 5.56 Å². The second-order valence-electron chi connectivity index (χ2n) is 6.70. The van der Waals surface area contributed by atoms with Crippen LogP contribution in [0.2, 0.25) is 0 Å². The zero-order valence-electron chi connectivity index (χ0n) is 16.3. The van der Waals surface area contributed by atoms with Gasteiger partial charge < -0.3 is 5.32 Å². The Kier molecular flexibility index (Phi) is 6.15. The van der Waals surface area contributed by atoms with Crippen LogP contribution in [0, 0.1) is 12.7 Å². The lowest BCUT2D eigenvalue weighted by molar-refractivity contribution is -0.113. The minimum absolute atomic E-state index is 0.0634. The van der Waals surface area contributed by atoms with Gasteiger partial charge in [-0.05, 0) is 55.0 Å². The molecule has 4 rings (SSSR count). The average molecular weight is 499 g/mol. The number of nitrogens with zero attached hydrogens (tertiary/aromatic N) is 3. The molecule has 0 radical (unpaired) electrons. The molecule has 1 N–H and O–H groups in total. The molecule has 4 aromatic rings. The number of aromatic nitrogens is 3. The van der Waals surface area contributed by atoms with Crippen molar-refractivity contribution in [1.29, 1.82) is 0 Å². The highest BCUT2D eigenvalue weighted by Gasteiger charge is 2.16. The quantitative estimate of drug-likeness (QED) is 0.318. The highest BCUT2D eigenvalue weighted by atomic mass is 79.9. The normalized spacial score (nSPS) is 10.9. The fraction of sp³-hybridized carbons (Fsp3) is 0.0909. The molecule has 0 bridgehead atoms. The van der Waals surface area contributed by atoms with Crippen molar-refractivity contribution in [2.24, 2.45) is 0 Å². The molecule has 9 heteroatoms. The van der Waals surface area contributed by atoms with Crippen molar-refractivity contribution in [3.8, 4) is 5.82 Å². The van der Waals surface area contributed by atoms with E-state index in [0.29, 0.717) is 26.3 Å². The Morgan fingerprint density at radius 2 is 2.00 bits per heavy atom. The molecule has 156 valence electrons. The highest BCUT2D eigenvalue weighted by Crippen LogP contribution is 2.23. The molecule has 1 amide bonds. The summed E-state index contributed by atoms with van der Waals surface area (Å²) in [6, 6.07) is 15.0. The van der Waals surface area contributed by atoms with E-state index in [-0.39, 0.29) is 17.0 Å². The topological polar surface area (TPSA) is 76.9 Å². The van der Waals surface area contributed by atoms with E-state index in [1.807, 2.05) is 13.0 Å². The van der Waals surface area contributed by atoms with Crippen molar-refractivity contribution in [1.82, 2.24) is 14.5 Å². The van der Waals surface area contributed by atoms with Crippen LogP contribution < -0.4 is 10.9 Å². The van der Waals surface area contributed by atoms with Crippen LogP contribution >= 0.6 is 27.7 Å². The summed E-state index contributed by atoms with van der Waals surface area (Å²) in [6.07, 6.45) is 1.61. The number of anilines is 1. The predicted octanol–water partition coefficient (Wildman–Crippen LogP) is 4.72. The third kappa shape index (κ3) is 4.67. The number of hydrogen-bond donors (Lipinski definition) is 1. The number of para-hydroxylation sites is 1. The first-order valence-corrected chi connectivity index (χ1v) is 11.0. The van der Waals surface area contributed by atoms with Gasteiger partial charge in [0.2, 0.25) is 5.91 Å². The molecule has 0 unspecified atom stereocenters. The third-order valence-corrected chi connectivity index (χ3v) is 5.84. The van der Waals surface area contributed by atoms with Gasteiger partial charge in [0.15, 0.2) is 5.16 Å². The Hall–Kier alpha value is -3.04. The van der Waals surface area contributed by atoms with E-state index in [1.165, 1.54) is 16.7 Å². The molecule has 0 aliphatic carbocycles. The molecule has 2 aromatic carbocycles. The van der Waals surface area contributed by atoms with Gasteiger partial charge in [0.1, 0.15) is 11.6 Å². The van der Waals surface area contributed by atoms with Gasteiger partial charge in [-0.25, -0.2) is 18.9 Å². The van der Waals surface area contributed by atoms with Gasteiger partial charge >= 0.3 is 0 Å². The molecule has 6 nitrogen and oxygen atoms in total. The number of rotatable bonds is 5. The highest BCUT2D eigenvalue weighted by molar-refractivity contribution is 9.10. The third-order valence-electron chi connectivity index (χ3n) is 4.41. The molecule has 0 saturated heterocycles. The summed E-state index contributed by atoms with van der Waals surface area (Å²) in [7, 11) is 0. The smallest absolute Gasteiger partial charge is 0.267 e. The monoisotopic (exact) mass is 498 g/mol. The number of fused-ring (bicyclic) bond motifs is 1. The molecule has 0 aliphatic rings. The fourth-order valence-electron chi connectivity index (χ4n) is 2.96. The molecule has 0 atom stereocenters. The molecule has 31 heavy (non-hydrogen) atoms. The van der Waals surface area contributed by atoms with E-state index in [9.17, 15) is 14.0 Å². The van der Waals surface area contributed by atoms with Crippen LogP contribution in [0.1, 0.15) is 5.56 Å². The molecule has 0 aliphatic heterocycles. The van der Waals surface area contributed by atoms with Crippen LogP contribution in [0.3, 0.4) is 0 Å². The maximum absolute atomic E-state index is 14.0. The standard InChI is InChI=1S/C22H16BrFN4O2S/c1-13-8-9-25-19(10-13)28-21(30)15-4-2-3-5-17(15)27-22(28)31-12-20(29)26-18-7-6-14(23)11-16(18)24/h2-11H,12H2,1H3,(H,26,29). The minimum Gasteiger partial charge on any atom is -0.323 e. The number of nitrogens with one attached hydrogen (secondary N) is 1. The Morgan fingerprint density at radius 3 is 2.77 bits per heavy atom. The number of aryl methyl sites for hydroxylation is 1. The number of carbonyl (C=O) groups is 1. The Balaban J connectivity index is 1.67. The second-order valence-corrected chi connectivity index (χ2v) is 8.56. The van der Waals surface area contributed by atoms with E-state index in [0.717, 1.165) is 17.3 Å². The van der Waals surface area contributed by atoms with Crippen LogP contribution in [0.25, 0.3) is 16.7 Å². The zero-order valence-corrected chi connectivity index (χ0v) is 18.7. The van der Waals surface area contributed by atoms with Gasteiger partial charge in [-0.15, -0.1) is 0 Å². The second kappa shape index (κ2) is 8.99. The summed E-state index contributed by atoms with van der Waals surface area (Å²) >= 11 is 4.26. The first-order chi connectivity index (χ1) is 14.9. The molecular weight excluding hydrogens is 483 g/mol. The summed E-state index contributed by atoms with van der Waals surface area (Å²) in [6.45, 7) is 1.90. The predicted molar refractivity (Wildman–Crippen MR) is 123 cm³/mol. The van der Waals surface area contributed by atoms with Gasteiger partial charge in [0, 0.05) is 10.7 Å². The van der Waals surface area contributed by atoms with E-state index in [1.54, 1.807) is 42.6 Å². The van der Waals surface area contributed by atoms with Crippen LogP contribution in [-0.2, 0) is 4.79 Å². The Morgan fingerprint density at radius 1 is 1.19 bits per heavy atom. The van der Waals surface area contributed by atoms with Crippen molar-refractivity contribution < 1.29 is 9.18 Å². The van der Waals surface area contributed by atoms with Gasteiger partial charge in [-0.2, -0.15) is 0 Å². The van der Waals surface area contributed by atoms with Crippen molar-refractivity contribution >= 4 is 50.2 Å². The summed E-state index contributed by atoms with van der Waals surface area (Å²) in [5.41, 5.74) is 1.27. The summed E-state index contributed by atoms with van der Waals surface area (Å²) in [5, 5.41) is 3.32. The lowest BCUT2D eigenvalue weighted by atomic mass is 10.2. The lowest BCUT2D eigenvalue weighted by Crippen LogP contribution is -2.23. The lowest BCUT2D eigenvalue weighted by Gasteiger charge is -2.13. The van der Waals surface area contributed by atoms with Crippen LogP contribution in [-0.4, -0.2) is 26.2 Å². The van der Waals surface area contributed by atoms with Crippen molar-refractivity contribution in [2.75, 3.05) is 11.1 Å². The summed E-state index contributed by atoms with van der Waals surface area (Å²) < 4.78 is 16.0. The maximum Gasteiger partial charge on any atom is 0.267 e. The number of carbonyl (C=O) groups excluding carboxylic acids is 1.